The molecule has 0 bridgehead atoms. The maximum Gasteiger partial charge on any atom is 0.0950 e. The van der Waals surface area contributed by atoms with Gasteiger partial charge in [0.15, 0.2) is 0 Å². The Morgan fingerprint density at radius 2 is 1.79 bits per heavy atom. The van der Waals surface area contributed by atoms with Crippen molar-refractivity contribution in [3.05, 3.63) is 30.5 Å². The molecule has 3 rings (SSSR count). The Bertz CT molecular complexity index is 597. The van der Waals surface area contributed by atoms with Crippen LogP contribution in [-0.4, -0.2) is 16.7 Å². The molecule has 1 fully saturated rings. The van der Waals surface area contributed by atoms with Crippen LogP contribution in [0.3, 0.4) is 0 Å². The first-order valence-corrected chi connectivity index (χ1v) is 6.89. The molecule has 0 aliphatic heterocycles. The van der Waals surface area contributed by atoms with Crippen LogP contribution in [0.25, 0.3) is 10.9 Å². The molecule has 19 heavy (non-hydrogen) atoms. The number of fused-ring (bicyclic) bond motifs is 1. The minimum atomic E-state index is 0.413. The predicted octanol–water partition coefficient (Wildman–Crippen LogP) is 3.72. The number of rotatable bonds is 3. The maximum absolute atomic E-state index is 4.15. The first-order valence-electron chi connectivity index (χ1n) is 6.89. The van der Waals surface area contributed by atoms with Crippen LogP contribution >= 0.6 is 0 Å². The summed E-state index contributed by atoms with van der Waals surface area (Å²) in [6.45, 7) is 10.4. The summed E-state index contributed by atoms with van der Waals surface area (Å²) in [6, 6.07) is 8.13. The highest BCUT2D eigenvalue weighted by molar-refractivity contribution is 5.90. The summed E-state index contributed by atoms with van der Waals surface area (Å²) in [5.41, 5.74) is 2.86. The molecule has 1 heterocycles. The second-order valence-corrected chi connectivity index (χ2v) is 6.65. The number of nitrogens with one attached hydrogen (secondary N) is 1. The number of hydrogen-bond acceptors (Lipinski definition) is 3. The largest absolute Gasteiger partial charge is 0.383 e. The molecule has 3 heteroatoms. The van der Waals surface area contributed by atoms with E-state index in [9.17, 15) is 0 Å². The molecule has 1 saturated carbocycles. The highest BCUT2D eigenvalue weighted by atomic mass is 15.1. The molecule has 1 aliphatic rings. The highest BCUT2D eigenvalue weighted by Gasteiger charge is 2.64. The second kappa shape index (κ2) is 3.92. The smallest absolute Gasteiger partial charge is 0.0950 e. The third kappa shape index (κ3) is 1.79. The van der Waals surface area contributed by atoms with Crippen LogP contribution in [0.4, 0.5) is 5.69 Å². The van der Waals surface area contributed by atoms with E-state index >= 15 is 0 Å². The van der Waals surface area contributed by atoms with Gasteiger partial charge in [0.2, 0.25) is 0 Å². The van der Waals surface area contributed by atoms with Gasteiger partial charge in [-0.3, -0.25) is 0 Å². The molecule has 0 atom stereocenters. The van der Waals surface area contributed by atoms with Crippen molar-refractivity contribution in [1.29, 1.82) is 0 Å². The standard InChI is InChI=1S/C16H21N3/c1-15(2)14(16(15,3)4)10-17-13-9-18-19-12-8-6-5-7-11(12)13/h5-9,14H,10H2,1-4H3,(H,17,19). The number of anilines is 1. The van der Waals surface area contributed by atoms with E-state index < -0.39 is 0 Å². The molecule has 3 nitrogen and oxygen atoms in total. The minimum absolute atomic E-state index is 0.413. The van der Waals surface area contributed by atoms with Crippen molar-refractivity contribution in [1.82, 2.24) is 10.2 Å². The molecule has 0 radical (unpaired) electrons. The van der Waals surface area contributed by atoms with Gasteiger partial charge in [0, 0.05) is 11.9 Å². The molecule has 1 aromatic carbocycles. The SMILES string of the molecule is CC1(C)C(CNc2cnnc3ccccc23)C1(C)C. The highest BCUT2D eigenvalue weighted by Crippen LogP contribution is 2.68. The molecule has 1 N–H and O–H groups in total. The van der Waals surface area contributed by atoms with E-state index in [0.29, 0.717) is 16.7 Å². The van der Waals surface area contributed by atoms with E-state index in [2.05, 4.69) is 49.3 Å². The Hall–Kier alpha value is -1.64. The van der Waals surface area contributed by atoms with Gasteiger partial charge < -0.3 is 5.32 Å². The van der Waals surface area contributed by atoms with Crippen molar-refractivity contribution in [2.24, 2.45) is 16.7 Å². The van der Waals surface area contributed by atoms with Gasteiger partial charge in [-0.05, 0) is 22.8 Å². The summed E-state index contributed by atoms with van der Waals surface area (Å²) in [4.78, 5) is 0. The Morgan fingerprint density at radius 1 is 1.11 bits per heavy atom. The molecule has 100 valence electrons. The van der Waals surface area contributed by atoms with Gasteiger partial charge >= 0.3 is 0 Å². The van der Waals surface area contributed by atoms with E-state index in [1.54, 1.807) is 0 Å². The first-order chi connectivity index (χ1) is 8.94. The normalized spacial score (nSPS) is 20.4. The molecular weight excluding hydrogens is 234 g/mol. The van der Waals surface area contributed by atoms with E-state index in [-0.39, 0.29) is 0 Å². The second-order valence-electron chi connectivity index (χ2n) is 6.65. The molecule has 1 aromatic heterocycles. The molecule has 0 amide bonds. The lowest BCUT2D eigenvalue weighted by atomic mass is 10.0. The Kier molecular flexibility index (Phi) is 2.56. The zero-order chi connectivity index (χ0) is 13.7. The maximum atomic E-state index is 4.15. The van der Waals surface area contributed by atoms with E-state index in [1.807, 2.05) is 24.4 Å². The summed E-state index contributed by atoms with van der Waals surface area (Å²) < 4.78 is 0. The number of nitrogens with zero attached hydrogens (tertiary/aromatic N) is 2. The molecule has 1 aliphatic carbocycles. The van der Waals surface area contributed by atoms with Crippen LogP contribution in [0, 0.1) is 16.7 Å². The Balaban J connectivity index is 1.81. The number of benzene rings is 1. The van der Waals surface area contributed by atoms with Crippen molar-refractivity contribution >= 4 is 16.6 Å². The zero-order valence-corrected chi connectivity index (χ0v) is 12.1. The lowest BCUT2D eigenvalue weighted by molar-refractivity contribution is 0.457. The van der Waals surface area contributed by atoms with Crippen molar-refractivity contribution in [3.8, 4) is 0 Å². The van der Waals surface area contributed by atoms with Crippen LogP contribution in [-0.2, 0) is 0 Å². The monoisotopic (exact) mass is 255 g/mol. The Morgan fingerprint density at radius 3 is 2.47 bits per heavy atom. The summed E-state index contributed by atoms with van der Waals surface area (Å²) >= 11 is 0. The number of aromatic nitrogens is 2. The predicted molar refractivity (Wildman–Crippen MR) is 79.1 cm³/mol. The van der Waals surface area contributed by atoms with E-state index in [4.69, 9.17) is 0 Å². The van der Waals surface area contributed by atoms with Crippen LogP contribution in [0.2, 0.25) is 0 Å². The fraction of sp³-hybridized carbons (Fsp3) is 0.500. The van der Waals surface area contributed by atoms with Crippen molar-refractivity contribution in [2.45, 2.75) is 27.7 Å². The average Bonchev–Trinajstić information content (AvgIpc) is 2.77. The quantitative estimate of drug-likeness (QED) is 0.908. The van der Waals surface area contributed by atoms with Gasteiger partial charge in [-0.15, -0.1) is 0 Å². The van der Waals surface area contributed by atoms with E-state index in [1.165, 1.54) is 0 Å². The summed E-state index contributed by atoms with van der Waals surface area (Å²) in [6.07, 6.45) is 1.82. The lowest BCUT2D eigenvalue weighted by Crippen LogP contribution is -2.09. The van der Waals surface area contributed by atoms with Crippen LogP contribution in [0.5, 0.6) is 0 Å². The fourth-order valence-electron chi connectivity index (χ4n) is 3.20. The van der Waals surface area contributed by atoms with Gasteiger partial charge in [-0.2, -0.15) is 10.2 Å². The molecule has 0 unspecified atom stereocenters. The van der Waals surface area contributed by atoms with E-state index in [0.717, 1.165) is 23.1 Å². The summed E-state index contributed by atoms with van der Waals surface area (Å²) in [7, 11) is 0. The first kappa shape index (κ1) is 12.4. The summed E-state index contributed by atoms with van der Waals surface area (Å²) in [5.74, 6) is 0.701. The molecule has 2 aromatic rings. The molecular formula is C16H21N3. The van der Waals surface area contributed by atoms with Gasteiger partial charge in [-0.25, -0.2) is 0 Å². The fourth-order valence-corrected chi connectivity index (χ4v) is 3.20. The average molecular weight is 255 g/mol. The van der Waals surface area contributed by atoms with Crippen molar-refractivity contribution < 1.29 is 0 Å². The van der Waals surface area contributed by atoms with Crippen LogP contribution < -0.4 is 5.32 Å². The summed E-state index contributed by atoms with van der Waals surface area (Å²) in [5, 5.41) is 12.9. The Labute approximate surface area is 114 Å². The van der Waals surface area contributed by atoms with Gasteiger partial charge in [-0.1, -0.05) is 45.9 Å². The van der Waals surface area contributed by atoms with Gasteiger partial charge in [0.05, 0.1) is 17.4 Å². The lowest BCUT2D eigenvalue weighted by Gasteiger charge is -2.09. The molecule has 0 spiro atoms. The third-order valence-corrected chi connectivity index (χ3v) is 5.36. The van der Waals surface area contributed by atoms with Crippen molar-refractivity contribution in [3.63, 3.8) is 0 Å². The van der Waals surface area contributed by atoms with Gasteiger partial charge in [0.1, 0.15) is 0 Å². The van der Waals surface area contributed by atoms with Crippen molar-refractivity contribution in [2.75, 3.05) is 11.9 Å². The number of hydrogen-bond donors (Lipinski definition) is 1. The third-order valence-electron chi connectivity index (χ3n) is 5.36. The van der Waals surface area contributed by atoms with Gasteiger partial charge in [0.25, 0.3) is 0 Å². The minimum Gasteiger partial charge on any atom is -0.383 e. The van der Waals surface area contributed by atoms with Crippen LogP contribution in [0.1, 0.15) is 27.7 Å². The molecule has 0 saturated heterocycles. The topological polar surface area (TPSA) is 37.8 Å². The zero-order valence-electron chi connectivity index (χ0n) is 12.1. The van der Waals surface area contributed by atoms with Crippen LogP contribution in [0.15, 0.2) is 30.5 Å².